The summed E-state index contributed by atoms with van der Waals surface area (Å²) in [5.74, 6) is -0.860. The van der Waals surface area contributed by atoms with Gasteiger partial charge in [-0.1, -0.05) is 6.92 Å². The summed E-state index contributed by atoms with van der Waals surface area (Å²) in [5.41, 5.74) is 5.09. The second-order valence-corrected chi connectivity index (χ2v) is 4.55. The highest BCUT2D eigenvalue weighted by molar-refractivity contribution is 5.54. The molecule has 0 bridgehead atoms. The molecule has 1 heterocycles. The number of hydrogen-bond donors (Lipinski definition) is 1. The molecule has 82 valence electrons. The quantitative estimate of drug-likeness (QED) is 0.682. The Morgan fingerprint density at radius 2 is 2.07 bits per heavy atom. The minimum atomic E-state index is -0.657. The first-order chi connectivity index (χ1) is 6.34. The topological polar surface area (TPSA) is 61.5 Å². The molecular formula is C10H19NO3. The maximum Gasteiger partial charge on any atom is 0.164 e. The lowest BCUT2D eigenvalue weighted by Gasteiger charge is -2.28. The molecule has 0 spiro atoms. The zero-order valence-corrected chi connectivity index (χ0v) is 9.24. The third kappa shape index (κ3) is 1.97. The molecule has 1 rings (SSSR count). The van der Waals surface area contributed by atoms with Gasteiger partial charge in [-0.15, -0.1) is 0 Å². The molecule has 0 aliphatic carbocycles. The van der Waals surface area contributed by atoms with Gasteiger partial charge in [0, 0.05) is 12.5 Å². The summed E-state index contributed by atoms with van der Waals surface area (Å²) in [6.45, 7) is 7.71. The van der Waals surface area contributed by atoms with Crippen molar-refractivity contribution in [2.75, 3.05) is 6.54 Å². The third-order valence-corrected chi connectivity index (χ3v) is 2.59. The molecule has 1 aliphatic rings. The van der Waals surface area contributed by atoms with Crippen molar-refractivity contribution in [2.24, 2.45) is 11.7 Å². The number of hydrogen-bond acceptors (Lipinski definition) is 4. The lowest BCUT2D eigenvalue weighted by molar-refractivity contribution is -0.160. The Morgan fingerprint density at radius 3 is 2.50 bits per heavy atom. The molecule has 0 radical (unpaired) electrons. The summed E-state index contributed by atoms with van der Waals surface area (Å²) >= 11 is 0. The lowest BCUT2D eigenvalue weighted by Crippen LogP contribution is -2.47. The minimum absolute atomic E-state index is 0.203. The highest BCUT2D eigenvalue weighted by Gasteiger charge is 2.51. The van der Waals surface area contributed by atoms with Gasteiger partial charge in [-0.2, -0.15) is 0 Å². The summed E-state index contributed by atoms with van der Waals surface area (Å²) in [4.78, 5) is 10.7. The molecule has 4 heteroatoms. The second-order valence-electron chi connectivity index (χ2n) is 4.55. The van der Waals surface area contributed by atoms with Crippen molar-refractivity contribution in [3.63, 3.8) is 0 Å². The number of rotatable bonds is 3. The summed E-state index contributed by atoms with van der Waals surface area (Å²) in [6, 6.07) is 0. The Hall–Kier alpha value is -0.450. The normalized spacial score (nSPS) is 38.2. The van der Waals surface area contributed by atoms with Crippen LogP contribution in [0.2, 0.25) is 0 Å². The number of aldehydes is 1. The van der Waals surface area contributed by atoms with Crippen LogP contribution in [-0.2, 0) is 14.3 Å². The molecule has 2 unspecified atom stereocenters. The van der Waals surface area contributed by atoms with Crippen LogP contribution in [0.3, 0.4) is 0 Å². The third-order valence-electron chi connectivity index (χ3n) is 2.59. The predicted molar refractivity (Wildman–Crippen MR) is 52.7 cm³/mol. The molecule has 2 N–H and O–H groups in total. The molecule has 0 aromatic rings. The molecule has 1 saturated heterocycles. The van der Waals surface area contributed by atoms with E-state index in [0.29, 0.717) is 6.54 Å². The van der Waals surface area contributed by atoms with Gasteiger partial charge in [-0.05, 0) is 20.8 Å². The van der Waals surface area contributed by atoms with Gasteiger partial charge >= 0.3 is 0 Å². The maximum atomic E-state index is 10.7. The van der Waals surface area contributed by atoms with Crippen LogP contribution in [0.15, 0.2) is 0 Å². The molecule has 0 aromatic heterocycles. The van der Waals surface area contributed by atoms with Crippen LogP contribution in [0.1, 0.15) is 27.7 Å². The van der Waals surface area contributed by atoms with Crippen LogP contribution in [0.4, 0.5) is 0 Å². The van der Waals surface area contributed by atoms with Gasteiger partial charge < -0.3 is 20.0 Å². The maximum absolute atomic E-state index is 10.7. The summed E-state index contributed by atoms with van der Waals surface area (Å²) in [6.07, 6.45) is 0.614. The summed E-state index contributed by atoms with van der Waals surface area (Å²) in [7, 11) is 0. The fourth-order valence-corrected chi connectivity index (χ4v) is 1.97. The Labute approximate surface area is 84.7 Å². The van der Waals surface area contributed by atoms with Crippen LogP contribution in [0, 0.1) is 5.92 Å². The van der Waals surface area contributed by atoms with Crippen molar-refractivity contribution in [1.29, 1.82) is 0 Å². The number of nitrogens with two attached hydrogens (primary N) is 1. The van der Waals surface area contributed by atoms with Gasteiger partial charge in [-0.25, -0.2) is 0 Å². The van der Waals surface area contributed by atoms with E-state index in [9.17, 15) is 4.79 Å². The van der Waals surface area contributed by atoms with E-state index >= 15 is 0 Å². The van der Waals surface area contributed by atoms with E-state index in [0.717, 1.165) is 6.29 Å². The van der Waals surface area contributed by atoms with Gasteiger partial charge in [0.2, 0.25) is 0 Å². The predicted octanol–water partition coefficient (Wildman–Crippen LogP) is 0.690. The van der Waals surface area contributed by atoms with Crippen molar-refractivity contribution in [2.45, 2.75) is 45.2 Å². The van der Waals surface area contributed by atoms with Gasteiger partial charge in [0.05, 0.1) is 0 Å². The van der Waals surface area contributed by atoms with E-state index < -0.39 is 11.4 Å². The first-order valence-electron chi connectivity index (χ1n) is 4.88. The second kappa shape index (κ2) is 3.61. The van der Waals surface area contributed by atoms with Gasteiger partial charge in [0.25, 0.3) is 0 Å². The molecule has 4 nitrogen and oxygen atoms in total. The number of carbonyl (C=O) groups is 1. The minimum Gasteiger partial charge on any atom is -0.343 e. The highest BCUT2D eigenvalue weighted by Crippen LogP contribution is 2.38. The van der Waals surface area contributed by atoms with Crippen LogP contribution >= 0.6 is 0 Å². The molecule has 14 heavy (non-hydrogen) atoms. The molecule has 1 aliphatic heterocycles. The van der Waals surface area contributed by atoms with E-state index in [-0.39, 0.29) is 12.0 Å². The average molecular weight is 201 g/mol. The van der Waals surface area contributed by atoms with Crippen LogP contribution < -0.4 is 5.73 Å². The Bertz CT molecular complexity index is 229. The van der Waals surface area contributed by atoms with E-state index in [2.05, 4.69) is 0 Å². The van der Waals surface area contributed by atoms with Crippen molar-refractivity contribution in [3.8, 4) is 0 Å². The fourth-order valence-electron chi connectivity index (χ4n) is 1.97. The Kier molecular flexibility index (Phi) is 2.99. The SMILES string of the molecule is C[C@H](C=O)C1OC(C)(C)OC1(C)CN. The molecule has 0 saturated carbocycles. The summed E-state index contributed by atoms with van der Waals surface area (Å²) in [5, 5.41) is 0. The van der Waals surface area contributed by atoms with Crippen molar-refractivity contribution < 1.29 is 14.3 Å². The lowest BCUT2D eigenvalue weighted by atomic mass is 9.90. The Morgan fingerprint density at radius 1 is 1.50 bits per heavy atom. The number of ether oxygens (including phenoxy) is 2. The molecule has 0 aromatic carbocycles. The van der Waals surface area contributed by atoms with Crippen LogP contribution in [0.25, 0.3) is 0 Å². The van der Waals surface area contributed by atoms with Crippen LogP contribution in [-0.4, -0.2) is 30.3 Å². The largest absolute Gasteiger partial charge is 0.343 e. The fraction of sp³-hybridized carbons (Fsp3) is 0.900. The van der Waals surface area contributed by atoms with Gasteiger partial charge in [0.1, 0.15) is 18.0 Å². The number of carbonyl (C=O) groups excluding carboxylic acids is 1. The summed E-state index contributed by atoms with van der Waals surface area (Å²) < 4.78 is 11.4. The first kappa shape index (κ1) is 11.6. The molecule has 0 amide bonds. The van der Waals surface area contributed by atoms with Crippen molar-refractivity contribution in [3.05, 3.63) is 0 Å². The van der Waals surface area contributed by atoms with Gasteiger partial charge in [-0.3, -0.25) is 0 Å². The van der Waals surface area contributed by atoms with E-state index in [4.69, 9.17) is 15.2 Å². The average Bonchev–Trinajstić information content (AvgIpc) is 2.36. The standard InChI is InChI=1S/C10H19NO3/c1-7(5-12)8-10(4,6-11)14-9(2,3)13-8/h5,7-8H,6,11H2,1-4H3/t7-,8?,10?/m1/s1. The van der Waals surface area contributed by atoms with Gasteiger partial charge in [0.15, 0.2) is 5.79 Å². The smallest absolute Gasteiger partial charge is 0.164 e. The molecular weight excluding hydrogens is 182 g/mol. The van der Waals surface area contributed by atoms with E-state index in [1.165, 1.54) is 0 Å². The van der Waals surface area contributed by atoms with E-state index in [1.807, 2.05) is 27.7 Å². The zero-order chi connectivity index (χ0) is 11.0. The zero-order valence-electron chi connectivity index (χ0n) is 9.24. The monoisotopic (exact) mass is 201 g/mol. The molecule has 1 fully saturated rings. The van der Waals surface area contributed by atoms with Crippen LogP contribution in [0.5, 0.6) is 0 Å². The Balaban J connectivity index is 2.88. The van der Waals surface area contributed by atoms with Crippen molar-refractivity contribution >= 4 is 6.29 Å². The van der Waals surface area contributed by atoms with E-state index in [1.54, 1.807) is 0 Å². The molecule has 3 atom stereocenters. The van der Waals surface area contributed by atoms with Crippen molar-refractivity contribution in [1.82, 2.24) is 0 Å². The first-order valence-corrected chi connectivity index (χ1v) is 4.88. The highest BCUT2D eigenvalue weighted by atomic mass is 16.8.